The lowest BCUT2D eigenvalue weighted by atomic mass is 10.0. The summed E-state index contributed by atoms with van der Waals surface area (Å²) in [5.41, 5.74) is 1.98. The van der Waals surface area contributed by atoms with E-state index in [0.717, 1.165) is 36.3 Å². The second-order valence-electron chi connectivity index (χ2n) is 11.3. The average molecular weight is 675 g/mol. The summed E-state index contributed by atoms with van der Waals surface area (Å²) in [6, 6.07) is 28.8. The first-order valence-corrected chi connectivity index (χ1v) is 17.2. The van der Waals surface area contributed by atoms with Crippen molar-refractivity contribution in [3.05, 3.63) is 126 Å². The minimum absolute atomic E-state index is 0.0344. The zero-order valence-corrected chi connectivity index (χ0v) is 27.3. The molecule has 4 aromatic rings. The number of nitrogens with one attached hydrogen (secondary N) is 2. The number of carbonyl (C=O) groups is 2. The van der Waals surface area contributed by atoms with Crippen LogP contribution in [0.25, 0.3) is 0 Å². The Morgan fingerprint density at radius 3 is 2.12 bits per heavy atom. The van der Waals surface area contributed by atoms with E-state index in [1.165, 1.54) is 41.3 Å². The monoisotopic (exact) mass is 674 g/mol. The molecular weight excluding hydrogens is 635 g/mol. The largest absolute Gasteiger partial charge is 0.484 e. The molecule has 0 spiro atoms. The molecule has 1 atom stereocenters. The standard InChI is InChI=1S/C36H39FN4O6S/c37-30-11-13-31(14-12-30)39-48(44,45)33-17-15-32(16-18-33)47-27-35(42)41(26-29-9-5-2-6-10-29)34(25-28-7-3-1-4-8-28)36(43)38-19-20-40-21-23-46-24-22-40/h1-18,34,39H,19-27H2,(H,38,43)/t34-/m0/s1. The van der Waals surface area contributed by atoms with E-state index < -0.39 is 27.8 Å². The van der Waals surface area contributed by atoms with Gasteiger partial charge < -0.3 is 19.7 Å². The molecule has 0 aliphatic carbocycles. The topological polar surface area (TPSA) is 117 Å². The Bertz CT molecular complexity index is 1720. The van der Waals surface area contributed by atoms with Gasteiger partial charge in [-0.25, -0.2) is 12.8 Å². The second kappa shape index (κ2) is 16.9. The Morgan fingerprint density at radius 2 is 1.48 bits per heavy atom. The van der Waals surface area contributed by atoms with Crippen LogP contribution in [-0.4, -0.2) is 82.1 Å². The van der Waals surface area contributed by atoms with Crippen LogP contribution < -0.4 is 14.8 Å². The molecule has 4 aromatic carbocycles. The van der Waals surface area contributed by atoms with E-state index in [0.29, 0.717) is 32.7 Å². The van der Waals surface area contributed by atoms with Crippen LogP contribution in [0, 0.1) is 5.82 Å². The van der Waals surface area contributed by atoms with Crippen molar-refractivity contribution in [3.8, 4) is 5.75 Å². The molecule has 1 fully saturated rings. The zero-order chi connectivity index (χ0) is 33.8. The number of ether oxygens (including phenoxy) is 2. The van der Waals surface area contributed by atoms with Crippen molar-refractivity contribution in [2.75, 3.05) is 50.7 Å². The molecule has 12 heteroatoms. The number of hydrogen-bond donors (Lipinski definition) is 2. The summed E-state index contributed by atoms with van der Waals surface area (Å²) in [5, 5.41) is 3.05. The molecule has 0 bridgehead atoms. The minimum Gasteiger partial charge on any atom is -0.484 e. The van der Waals surface area contributed by atoms with E-state index >= 15 is 0 Å². The Morgan fingerprint density at radius 1 is 0.854 bits per heavy atom. The molecule has 1 heterocycles. The maximum absolute atomic E-state index is 13.9. The predicted molar refractivity (Wildman–Crippen MR) is 180 cm³/mol. The van der Waals surface area contributed by atoms with Crippen LogP contribution in [0.4, 0.5) is 10.1 Å². The van der Waals surface area contributed by atoms with Gasteiger partial charge in [-0.3, -0.25) is 19.2 Å². The SMILES string of the molecule is O=C(NCCN1CCOCC1)[C@H](Cc1ccccc1)N(Cc1ccccc1)C(=O)COc1ccc(S(=O)(=O)Nc2ccc(F)cc2)cc1. The molecule has 2 N–H and O–H groups in total. The predicted octanol–water partition coefficient (Wildman–Crippen LogP) is 4.09. The number of amides is 2. The van der Waals surface area contributed by atoms with Crippen molar-refractivity contribution < 1.29 is 31.9 Å². The molecule has 1 aliphatic heterocycles. The van der Waals surface area contributed by atoms with Crippen molar-refractivity contribution in [2.24, 2.45) is 0 Å². The van der Waals surface area contributed by atoms with Crippen molar-refractivity contribution in [1.29, 1.82) is 0 Å². The lowest BCUT2D eigenvalue weighted by molar-refractivity contribution is -0.142. The molecule has 48 heavy (non-hydrogen) atoms. The molecule has 1 aliphatic rings. The Labute approximate surface area is 280 Å². The molecular formula is C36H39FN4O6S. The summed E-state index contributed by atoms with van der Waals surface area (Å²) in [7, 11) is -3.94. The first kappa shape index (κ1) is 34.6. The summed E-state index contributed by atoms with van der Waals surface area (Å²) >= 11 is 0. The van der Waals surface area contributed by atoms with E-state index in [2.05, 4.69) is 14.9 Å². The maximum Gasteiger partial charge on any atom is 0.261 e. The number of benzene rings is 4. The van der Waals surface area contributed by atoms with E-state index in [4.69, 9.17) is 9.47 Å². The van der Waals surface area contributed by atoms with E-state index in [9.17, 15) is 22.4 Å². The van der Waals surface area contributed by atoms with Gasteiger partial charge in [-0.1, -0.05) is 60.7 Å². The van der Waals surface area contributed by atoms with Gasteiger partial charge in [0.25, 0.3) is 15.9 Å². The summed E-state index contributed by atoms with van der Waals surface area (Å²) in [6.07, 6.45) is 0.302. The van der Waals surface area contributed by atoms with Gasteiger partial charge in [-0.15, -0.1) is 0 Å². The molecule has 1 saturated heterocycles. The van der Waals surface area contributed by atoms with Crippen molar-refractivity contribution >= 4 is 27.5 Å². The normalized spacial score (nSPS) is 14.1. The number of carbonyl (C=O) groups excluding carboxylic acids is 2. The van der Waals surface area contributed by atoms with Crippen LogP contribution in [0.5, 0.6) is 5.75 Å². The molecule has 5 rings (SSSR count). The number of morpholine rings is 1. The smallest absolute Gasteiger partial charge is 0.261 e. The lowest BCUT2D eigenvalue weighted by Gasteiger charge is -2.32. The third-order valence-corrected chi connectivity index (χ3v) is 9.29. The van der Waals surface area contributed by atoms with Crippen LogP contribution in [-0.2, 0) is 37.3 Å². The number of rotatable bonds is 15. The van der Waals surface area contributed by atoms with Crippen LogP contribution in [0.1, 0.15) is 11.1 Å². The fraction of sp³-hybridized carbons (Fsp3) is 0.278. The highest BCUT2D eigenvalue weighted by atomic mass is 32.2. The summed E-state index contributed by atoms with van der Waals surface area (Å²) in [5.74, 6) is -0.872. The van der Waals surface area contributed by atoms with Gasteiger partial charge in [0.1, 0.15) is 17.6 Å². The van der Waals surface area contributed by atoms with Gasteiger partial charge >= 0.3 is 0 Å². The average Bonchev–Trinajstić information content (AvgIpc) is 3.11. The highest BCUT2D eigenvalue weighted by Crippen LogP contribution is 2.21. The number of anilines is 1. The molecule has 2 amide bonds. The van der Waals surface area contributed by atoms with Crippen molar-refractivity contribution in [3.63, 3.8) is 0 Å². The Balaban J connectivity index is 1.30. The fourth-order valence-electron chi connectivity index (χ4n) is 5.29. The van der Waals surface area contributed by atoms with Crippen molar-refractivity contribution in [1.82, 2.24) is 15.1 Å². The third kappa shape index (κ3) is 10.1. The van der Waals surface area contributed by atoms with E-state index in [1.807, 2.05) is 60.7 Å². The number of halogens is 1. The number of sulfonamides is 1. The van der Waals surface area contributed by atoms with Gasteiger partial charge in [0, 0.05) is 44.8 Å². The first-order chi connectivity index (χ1) is 23.3. The van der Waals surface area contributed by atoms with Gasteiger partial charge in [0.05, 0.1) is 18.1 Å². The first-order valence-electron chi connectivity index (χ1n) is 15.7. The van der Waals surface area contributed by atoms with Crippen LogP contribution in [0.3, 0.4) is 0 Å². The minimum atomic E-state index is -3.94. The molecule has 0 radical (unpaired) electrons. The summed E-state index contributed by atoms with van der Waals surface area (Å²) in [6.45, 7) is 3.84. The summed E-state index contributed by atoms with van der Waals surface area (Å²) < 4.78 is 52.5. The van der Waals surface area contributed by atoms with Gasteiger partial charge in [-0.05, 0) is 59.7 Å². The highest BCUT2D eigenvalue weighted by molar-refractivity contribution is 7.92. The molecule has 252 valence electrons. The molecule has 0 aromatic heterocycles. The molecule has 0 saturated carbocycles. The van der Waals surface area contributed by atoms with Gasteiger partial charge in [-0.2, -0.15) is 0 Å². The molecule has 10 nitrogen and oxygen atoms in total. The van der Waals surface area contributed by atoms with Crippen LogP contribution in [0.15, 0.2) is 114 Å². The van der Waals surface area contributed by atoms with E-state index in [1.54, 1.807) is 0 Å². The van der Waals surface area contributed by atoms with Crippen LogP contribution in [0.2, 0.25) is 0 Å². The maximum atomic E-state index is 13.9. The number of hydrogen-bond acceptors (Lipinski definition) is 7. The highest BCUT2D eigenvalue weighted by Gasteiger charge is 2.31. The molecule has 0 unspecified atom stereocenters. The van der Waals surface area contributed by atoms with Crippen molar-refractivity contribution in [2.45, 2.75) is 23.9 Å². The quantitative estimate of drug-likeness (QED) is 0.195. The lowest BCUT2D eigenvalue weighted by Crippen LogP contribution is -2.52. The Hall–Kier alpha value is -4.78. The Kier molecular flexibility index (Phi) is 12.1. The second-order valence-corrected chi connectivity index (χ2v) is 13.0. The fourth-order valence-corrected chi connectivity index (χ4v) is 6.35. The number of nitrogens with zero attached hydrogens (tertiary/aromatic N) is 2. The van der Waals surface area contributed by atoms with Gasteiger partial charge in [0.15, 0.2) is 6.61 Å². The van der Waals surface area contributed by atoms with Crippen LogP contribution >= 0.6 is 0 Å². The zero-order valence-electron chi connectivity index (χ0n) is 26.5. The summed E-state index contributed by atoms with van der Waals surface area (Å²) in [4.78, 5) is 31.4. The third-order valence-electron chi connectivity index (χ3n) is 7.89. The van der Waals surface area contributed by atoms with Gasteiger partial charge in [0.2, 0.25) is 5.91 Å². The van der Waals surface area contributed by atoms with E-state index in [-0.39, 0.29) is 35.4 Å².